The minimum absolute atomic E-state index is 0.126. The van der Waals surface area contributed by atoms with Gasteiger partial charge in [0.25, 0.3) is 0 Å². The lowest BCUT2D eigenvalue weighted by Gasteiger charge is -1.96. The molecule has 0 aliphatic carbocycles. The molecule has 0 radical (unpaired) electrons. The van der Waals surface area contributed by atoms with Crippen LogP contribution in [0.3, 0.4) is 0 Å². The summed E-state index contributed by atoms with van der Waals surface area (Å²) < 4.78 is 1.54. The fourth-order valence-corrected chi connectivity index (χ4v) is 1.06. The standard InChI is InChI=1S/C6H10N4O2/c1-3-5-6(10(11)12)7-8-9(5)4-2/h3-4H2,1-2H3. The van der Waals surface area contributed by atoms with Crippen molar-refractivity contribution in [1.29, 1.82) is 0 Å². The van der Waals surface area contributed by atoms with E-state index in [1.807, 2.05) is 13.8 Å². The van der Waals surface area contributed by atoms with E-state index in [0.717, 1.165) is 0 Å². The smallest absolute Gasteiger partial charge is 0.358 e. The first kappa shape index (κ1) is 8.63. The highest BCUT2D eigenvalue weighted by molar-refractivity contribution is 5.24. The molecule has 0 amide bonds. The molecule has 1 heterocycles. The molecule has 0 atom stereocenters. The Morgan fingerprint density at radius 3 is 2.67 bits per heavy atom. The lowest BCUT2D eigenvalue weighted by molar-refractivity contribution is -0.390. The van der Waals surface area contributed by atoms with Crippen LogP contribution in [0.15, 0.2) is 0 Å². The van der Waals surface area contributed by atoms with Gasteiger partial charge in [-0.2, -0.15) is 0 Å². The van der Waals surface area contributed by atoms with Crippen molar-refractivity contribution in [3.63, 3.8) is 0 Å². The predicted octanol–water partition coefficient (Wildman–Crippen LogP) is 0.769. The normalized spacial score (nSPS) is 10.2. The number of rotatable bonds is 3. The van der Waals surface area contributed by atoms with Crippen molar-refractivity contribution in [2.45, 2.75) is 26.8 Å². The Labute approximate surface area is 69.3 Å². The molecule has 6 heteroatoms. The Morgan fingerprint density at radius 1 is 1.58 bits per heavy atom. The molecule has 1 rings (SSSR count). The number of hydrogen-bond acceptors (Lipinski definition) is 4. The van der Waals surface area contributed by atoms with Crippen LogP contribution in [0.1, 0.15) is 19.5 Å². The number of aromatic nitrogens is 3. The fourth-order valence-electron chi connectivity index (χ4n) is 1.06. The van der Waals surface area contributed by atoms with Crippen LogP contribution in [-0.4, -0.2) is 19.9 Å². The monoisotopic (exact) mass is 170 g/mol. The van der Waals surface area contributed by atoms with Gasteiger partial charge in [-0.3, -0.25) is 0 Å². The van der Waals surface area contributed by atoms with Gasteiger partial charge in [-0.25, -0.2) is 4.68 Å². The van der Waals surface area contributed by atoms with Gasteiger partial charge in [0, 0.05) is 6.54 Å². The van der Waals surface area contributed by atoms with Crippen LogP contribution in [0, 0.1) is 10.1 Å². The van der Waals surface area contributed by atoms with E-state index >= 15 is 0 Å². The van der Waals surface area contributed by atoms with Crippen molar-refractivity contribution in [2.24, 2.45) is 0 Å². The van der Waals surface area contributed by atoms with Crippen LogP contribution < -0.4 is 0 Å². The van der Waals surface area contributed by atoms with E-state index in [-0.39, 0.29) is 5.82 Å². The molecule has 0 bridgehead atoms. The Balaban J connectivity index is 3.13. The summed E-state index contributed by atoms with van der Waals surface area (Å²) in [6.07, 6.45) is 0.581. The zero-order valence-electron chi connectivity index (χ0n) is 7.02. The highest BCUT2D eigenvalue weighted by Gasteiger charge is 2.20. The molecule has 66 valence electrons. The second-order valence-electron chi connectivity index (χ2n) is 2.29. The van der Waals surface area contributed by atoms with E-state index in [2.05, 4.69) is 10.3 Å². The van der Waals surface area contributed by atoms with Gasteiger partial charge < -0.3 is 10.1 Å². The van der Waals surface area contributed by atoms with Gasteiger partial charge in [-0.1, -0.05) is 6.92 Å². The molecule has 0 saturated heterocycles. The third-order valence-corrected chi connectivity index (χ3v) is 1.62. The zero-order chi connectivity index (χ0) is 9.14. The maximum Gasteiger partial charge on any atom is 0.413 e. The van der Waals surface area contributed by atoms with Gasteiger partial charge >= 0.3 is 5.82 Å². The van der Waals surface area contributed by atoms with E-state index in [9.17, 15) is 10.1 Å². The third-order valence-electron chi connectivity index (χ3n) is 1.62. The average molecular weight is 170 g/mol. The molecule has 0 aromatic carbocycles. The largest absolute Gasteiger partial charge is 0.413 e. The lowest BCUT2D eigenvalue weighted by atomic mass is 10.3. The molecule has 12 heavy (non-hydrogen) atoms. The minimum atomic E-state index is -0.502. The molecule has 0 saturated carbocycles. The quantitative estimate of drug-likeness (QED) is 0.496. The van der Waals surface area contributed by atoms with Gasteiger partial charge in [0.1, 0.15) is 10.8 Å². The predicted molar refractivity (Wildman–Crippen MR) is 41.7 cm³/mol. The Bertz CT molecular complexity index is 294. The molecular formula is C6H10N4O2. The Kier molecular flexibility index (Phi) is 2.37. The summed E-state index contributed by atoms with van der Waals surface area (Å²) >= 11 is 0. The number of nitrogens with zero attached hydrogens (tertiary/aromatic N) is 4. The Hall–Kier alpha value is -1.46. The van der Waals surface area contributed by atoms with Gasteiger partial charge in [-0.15, -0.1) is 0 Å². The average Bonchev–Trinajstić information content (AvgIpc) is 2.46. The van der Waals surface area contributed by atoms with Crippen molar-refractivity contribution in [3.8, 4) is 0 Å². The van der Waals surface area contributed by atoms with Crippen LogP contribution in [0.25, 0.3) is 0 Å². The van der Waals surface area contributed by atoms with E-state index in [4.69, 9.17) is 0 Å². The SMILES string of the molecule is CCc1c([N+](=O)[O-])nnn1CC. The first-order valence-electron chi connectivity index (χ1n) is 3.77. The van der Waals surface area contributed by atoms with Crippen molar-refractivity contribution < 1.29 is 4.92 Å². The molecule has 6 nitrogen and oxygen atoms in total. The summed E-state index contributed by atoms with van der Waals surface area (Å²) in [7, 11) is 0. The highest BCUT2D eigenvalue weighted by Crippen LogP contribution is 2.13. The molecule has 0 aliphatic heterocycles. The van der Waals surface area contributed by atoms with E-state index in [1.165, 1.54) is 4.68 Å². The van der Waals surface area contributed by atoms with Crippen molar-refractivity contribution in [3.05, 3.63) is 15.8 Å². The van der Waals surface area contributed by atoms with Crippen LogP contribution in [0.4, 0.5) is 5.82 Å². The van der Waals surface area contributed by atoms with Crippen LogP contribution >= 0.6 is 0 Å². The van der Waals surface area contributed by atoms with Gasteiger partial charge in [0.05, 0.1) is 5.21 Å². The first-order chi connectivity index (χ1) is 5.70. The molecule has 1 aromatic rings. The zero-order valence-corrected chi connectivity index (χ0v) is 7.02. The number of aryl methyl sites for hydroxylation is 1. The van der Waals surface area contributed by atoms with Gasteiger partial charge in [0.15, 0.2) is 0 Å². The maximum atomic E-state index is 10.4. The molecule has 0 fully saturated rings. The van der Waals surface area contributed by atoms with E-state index in [0.29, 0.717) is 18.7 Å². The topological polar surface area (TPSA) is 73.8 Å². The second-order valence-corrected chi connectivity index (χ2v) is 2.29. The molecule has 1 aromatic heterocycles. The number of nitro groups is 1. The van der Waals surface area contributed by atoms with Crippen molar-refractivity contribution in [2.75, 3.05) is 0 Å². The second kappa shape index (κ2) is 3.29. The van der Waals surface area contributed by atoms with Crippen molar-refractivity contribution >= 4 is 5.82 Å². The fraction of sp³-hybridized carbons (Fsp3) is 0.667. The van der Waals surface area contributed by atoms with Crippen LogP contribution in [-0.2, 0) is 13.0 Å². The summed E-state index contributed by atoms with van der Waals surface area (Å²) in [4.78, 5) is 9.90. The highest BCUT2D eigenvalue weighted by atomic mass is 16.6. The first-order valence-corrected chi connectivity index (χ1v) is 3.77. The summed E-state index contributed by atoms with van der Waals surface area (Å²) in [5.74, 6) is -0.126. The summed E-state index contributed by atoms with van der Waals surface area (Å²) in [6, 6.07) is 0. The minimum Gasteiger partial charge on any atom is -0.358 e. The lowest BCUT2D eigenvalue weighted by Crippen LogP contribution is -2.02. The summed E-state index contributed by atoms with van der Waals surface area (Å²) in [5, 5.41) is 17.5. The third kappa shape index (κ3) is 1.27. The Morgan fingerprint density at radius 2 is 2.25 bits per heavy atom. The molecule has 0 N–H and O–H groups in total. The van der Waals surface area contributed by atoms with Crippen LogP contribution in [0.2, 0.25) is 0 Å². The van der Waals surface area contributed by atoms with Crippen molar-refractivity contribution in [1.82, 2.24) is 15.0 Å². The molecule has 0 aliphatic rings. The van der Waals surface area contributed by atoms with E-state index in [1.54, 1.807) is 0 Å². The maximum absolute atomic E-state index is 10.4. The molecule has 0 spiro atoms. The number of hydrogen-bond donors (Lipinski definition) is 0. The van der Waals surface area contributed by atoms with Gasteiger partial charge in [0.2, 0.25) is 0 Å². The molecular weight excluding hydrogens is 160 g/mol. The van der Waals surface area contributed by atoms with Gasteiger partial charge in [-0.05, 0) is 18.3 Å². The van der Waals surface area contributed by atoms with E-state index < -0.39 is 4.92 Å². The summed E-state index contributed by atoms with van der Waals surface area (Å²) in [5.41, 5.74) is 0.586. The van der Waals surface area contributed by atoms with Crippen LogP contribution in [0.5, 0.6) is 0 Å². The summed E-state index contributed by atoms with van der Waals surface area (Å²) in [6.45, 7) is 4.33. The molecule has 0 unspecified atom stereocenters.